The number of nitrogens with zero attached hydrogens (tertiary/aromatic N) is 3. The number of hydrogen-bond donors (Lipinski definition) is 1. The molecule has 0 saturated carbocycles. The predicted molar refractivity (Wildman–Crippen MR) is 115 cm³/mol. The second-order valence-corrected chi connectivity index (χ2v) is 6.79. The van der Waals surface area contributed by atoms with Gasteiger partial charge >= 0.3 is 0 Å². The molecule has 7 nitrogen and oxygen atoms in total. The van der Waals surface area contributed by atoms with Crippen molar-refractivity contribution in [2.24, 2.45) is 0 Å². The molecule has 0 aliphatic carbocycles. The van der Waals surface area contributed by atoms with Gasteiger partial charge in [0.05, 0.1) is 19.8 Å². The smallest absolute Gasteiger partial charge is 0.258 e. The van der Waals surface area contributed by atoms with Crippen molar-refractivity contribution in [1.29, 1.82) is 0 Å². The molecule has 1 aromatic heterocycles. The van der Waals surface area contributed by atoms with Gasteiger partial charge in [-0.1, -0.05) is 23.9 Å². The van der Waals surface area contributed by atoms with E-state index in [9.17, 15) is 5.11 Å². The zero-order chi connectivity index (χ0) is 21.3. The van der Waals surface area contributed by atoms with Gasteiger partial charge in [0, 0.05) is 30.8 Å². The van der Waals surface area contributed by atoms with E-state index in [1.165, 1.54) is 0 Å². The third-order valence-corrected chi connectivity index (χ3v) is 4.71. The van der Waals surface area contributed by atoms with Gasteiger partial charge in [-0.3, -0.25) is 0 Å². The van der Waals surface area contributed by atoms with E-state index in [1.54, 1.807) is 0 Å². The lowest BCUT2D eigenvalue weighted by atomic mass is 10.2. The lowest BCUT2D eigenvalue weighted by Crippen LogP contribution is -2.21. The number of aliphatic hydroxyl groups excluding tert-OH is 1. The van der Waals surface area contributed by atoms with Crippen LogP contribution in [-0.2, 0) is 6.42 Å². The summed E-state index contributed by atoms with van der Waals surface area (Å²) in [6.45, 7) is 10.7. The maximum absolute atomic E-state index is 9.18. The maximum atomic E-state index is 9.18. The monoisotopic (exact) mass is 411 g/mol. The Morgan fingerprint density at radius 3 is 2.80 bits per heavy atom. The number of β-amino-alcohol motifs (C(OH)–C–C–N with tert-alkyl or cyclic N) is 1. The van der Waals surface area contributed by atoms with Crippen LogP contribution in [0.15, 0.2) is 58.8 Å². The van der Waals surface area contributed by atoms with Gasteiger partial charge in [0.1, 0.15) is 0 Å². The molecule has 1 saturated heterocycles. The highest BCUT2D eigenvalue weighted by Gasteiger charge is 2.19. The van der Waals surface area contributed by atoms with Crippen LogP contribution in [0, 0.1) is 0 Å². The van der Waals surface area contributed by atoms with Crippen molar-refractivity contribution in [2.45, 2.75) is 26.7 Å². The molecule has 1 fully saturated rings. The van der Waals surface area contributed by atoms with Gasteiger partial charge < -0.3 is 24.0 Å². The minimum Gasteiger partial charge on any atom is -0.490 e. The number of likely N-dealkylation sites (tertiary alicyclic amines) is 1. The Balaban J connectivity index is 1.66. The van der Waals surface area contributed by atoms with Crippen molar-refractivity contribution < 1.29 is 19.1 Å². The van der Waals surface area contributed by atoms with Crippen LogP contribution in [0.2, 0.25) is 0 Å². The zero-order valence-electron chi connectivity index (χ0n) is 17.6. The summed E-state index contributed by atoms with van der Waals surface area (Å²) in [6.07, 6.45) is 7.45. The maximum Gasteiger partial charge on any atom is 0.258 e. The summed E-state index contributed by atoms with van der Waals surface area (Å²) in [7, 11) is 0. The van der Waals surface area contributed by atoms with Gasteiger partial charge in [0.2, 0.25) is 0 Å². The van der Waals surface area contributed by atoms with Crippen LogP contribution in [0.5, 0.6) is 11.5 Å². The number of aromatic nitrogens is 2. The molecule has 3 rings (SSSR count). The summed E-state index contributed by atoms with van der Waals surface area (Å²) in [6, 6.07) is 5.59. The fraction of sp³-hybridized carbons (Fsp3) is 0.391. The van der Waals surface area contributed by atoms with Crippen LogP contribution >= 0.6 is 0 Å². The summed E-state index contributed by atoms with van der Waals surface area (Å²) in [5.74, 6) is 2.40. The molecular weight excluding hydrogens is 382 g/mol. The molecule has 1 aliphatic rings. The average molecular weight is 412 g/mol. The van der Waals surface area contributed by atoms with Crippen molar-refractivity contribution in [1.82, 2.24) is 15.0 Å². The molecule has 160 valence electrons. The van der Waals surface area contributed by atoms with Crippen LogP contribution in [0.25, 0.3) is 11.5 Å². The molecule has 0 atom stereocenters. The van der Waals surface area contributed by atoms with Crippen molar-refractivity contribution in [2.75, 3.05) is 32.9 Å². The average Bonchev–Trinajstić information content (AvgIpc) is 3.35. The number of aliphatic hydroxyl groups is 1. The number of ether oxygens (including phenoxy) is 2. The Labute approximate surface area is 177 Å². The fourth-order valence-electron chi connectivity index (χ4n) is 3.29. The highest BCUT2D eigenvalue weighted by atomic mass is 16.5. The van der Waals surface area contributed by atoms with Crippen molar-refractivity contribution in [3.8, 4) is 23.0 Å². The van der Waals surface area contributed by atoms with E-state index in [0.29, 0.717) is 49.4 Å². The molecule has 0 unspecified atom stereocenters. The lowest BCUT2D eigenvalue weighted by Gasteiger charge is -2.17. The fourth-order valence-corrected chi connectivity index (χ4v) is 3.29. The Morgan fingerprint density at radius 2 is 2.03 bits per heavy atom. The van der Waals surface area contributed by atoms with E-state index in [-0.39, 0.29) is 6.61 Å². The van der Waals surface area contributed by atoms with Crippen molar-refractivity contribution in [3.63, 3.8) is 0 Å². The lowest BCUT2D eigenvalue weighted by molar-refractivity contribution is 0.240. The van der Waals surface area contributed by atoms with Gasteiger partial charge in [0.25, 0.3) is 5.89 Å². The van der Waals surface area contributed by atoms with Gasteiger partial charge in [-0.2, -0.15) is 4.98 Å². The molecule has 0 bridgehead atoms. The highest BCUT2D eigenvalue weighted by Crippen LogP contribution is 2.32. The van der Waals surface area contributed by atoms with E-state index < -0.39 is 0 Å². The van der Waals surface area contributed by atoms with Gasteiger partial charge in [-0.25, -0.2) is 0 Å². The normalized spacial score (nSPS) is 15.5. The molecule has 1 aromatic carbocycles. The first-order chi connectivity index (χ1) is 14.7. The standard InChI is InChI=1S/C23H29N3O4/c1-4-28-20-11-10-18(16-21(20)29-5-2)23-24-22(25-30-23)9-7-6-8-19-17(3)12-13-26(19)14-15-27/h6-8,10-11,16,27H,3-5,9,12-15H2,1-2H3/b7-6-,19-8+. The Bertz CT molecular complexity index is 917. The van der Waals surface area contributed by atoms with Crippen molar-refractivity contribution in [3.05, 3.63) is 60.1 Å². The van der Waals surface area contributed by atoms with Crippen LogP contribution in [-0.4, -0.2) is 53.1 Å². The van der Waals surface area contributed by atoms with Gasteiger partial charge in [-0.15, -0.1) is 0 Å². The van der Waals surface area contributed by atoms with Crippen LogP contribution < -0.4 is 9.47 Å². The topological polar surface area (TPSA) is 80.9 Å². The van der Waals surface area contributed by atoms with Crippen LogP contribution in [0.3, 0.4) is 0 Å². The van der Waals surface area contributed by atoms with E-state index in [0.717, 1.165) is 29.8 Å². The van der Waals surface area contributed by atoms with E-state index in [4.69, 9.17) is 14.0 Å². The van der Waals surface area contributed by atoms with E-state index in [1.807, 2.05) is 50.3 Å². The molecule has 0 amide bonds. The number of allylic oxidation sites excluding steroid dienone is 4. The number of hydrogen-bond acceptors (Lipinski definition) is 7. The Morgan fingerprint density at radius 1 is 1.23 bits per heavy atom. The summed E-state index contributed by atoms with van der Waals surface area (Å²) in [5.41, 5.74) is 2.95. The molecule has 1 N–H and O–H groups in total. The first-order valence-corrected chi connectivity index (χ1v) is 10.3. The molecule has 30 heavy (non-hydrogen) atoms. The second-order valence-electron chi connectivity index (χ2n) is 6.79. The summed E-state index contributed by atoms with van der Waals surface area (Å²) < 4.78 is 16.7. The van der Waals surface area contributed by atoms with Crippen LogP contribution in [0.4, 0.5) is 0 Å². The SMILES string of the molecule is C=C1CCN(CCO)/C1=C/C=C\Cc1noc(-c2ccc(OCC)c(OCC)c2)n1. The number of benzene rings is 1. The predicted octanol–water partition coefficient (Wildman–Crippen LogP) is 3.77. The quantitative estimate of drug-likeness (QED) is 0.637. The third-order valence-electron chi connectivity index (χ3n) is 4.71. The minimum absolute atomic E-state index is 0.135. The summed E-state index contributed by atoms with van der Waals surface area (Å²) in [4.78, 5) is 6.62. The first kappa shape index (κ1) is 21.6. The zero-order valence-corrected chi connectivity index (χ0v) is 17.6. The molecule has 2 heterocycles. The summed E-state index contributed by atoms with van der Waals surface area (Å²) in [5, 5.41) is 13.2. The molecular formula is C23H29N3O4. The first-order valence-electron chi connectivity index (χ1n) is 10.3. The van der Waals surface area contributed by atoms with Crippen molar-refractivity contribution >= 4 is 0 Å². The van der Waals surface area contributed by atoms with Gasteiger partial charge in [0.15, 0.2) is 17.3 Å². The van der Waals surface area contributed by atoms with Gasteiger partial charge in [-0.05, 0) is 50.1 Å². The van der Waals surface area contributed by atoms with E-state index >= 15 is 0 Å². The largest absolute Gasteiger partial charge is 0.490 e. The third kappa shape index (κ3) is 5.30. The van der Waals surface area contributed by atoms with Crippen LogP contribution in [0.1, 0.15) is 26.1 Å². The second kappa shape index (κ2) is 10.6. The molecule has 7 heteroatoms. The highest BCUT2D eigenvalue weighted by molar-refractivity contribution is 5.59. The summed E-state index contributed by atoms with van der Waals surface area (Å²) >= 11 is 0. The Kier molecular flexibility index (Phi) is 7.68. The number of rotatable bonds is 10. The van der Waals surface area contributed by atoms with E-state index in [2.05, 4.69) is 21.6 Å². The molecule has 2 aromatic rings. The Hall–Kier alpha value is -3.06. The molecule has 0 spiro atoms. The minimum atomic E-state index is 0.135. The molecule has 1 aliphatic heterocycles. The molecule has 0 radical (unpaired) electrons.